The molecule has 0 fully saturated rings. The lowest BCUT2D eigenvalue weighted by Gasteiger charge is -2.30. The molecule has 0 atom stereocenters. The van der Waals surface area contributed by atoms with Crippen molar-refractivity contribution in [2.75, 3.05) is 6.54 Å². The van der Waals surface area contributed by atoms with E-state index < -0.39 is 0 Å². The summed E-state index contributed by atoms with van der Waals surface area (Å²) in [7, 11) is 0. The standard InChI is InChI=1S/C9H12ClNS/c1-9(2)5-11-4-6-3-7(10)12-8(6)9/h3,11H,4-5H2,1-2H3. The summed E-state index contributed by atoms with van der Waals surface area (Å²) in [6.07, 6.45) is 0. The molecular weight excluding hydrogens is 190 g/mol. The molecule has 2 rings (SSSR count). The smallest absolute Gasteiger partial charge is 0.0934 e. The third-order valence-electron chi connectivity index (χ3n) is 2.28. The first kappa shape index (κ1) is 8.54. The van der Waals surface area contributed by atoms with E-state index in [9.17, 15) is 0 Å². The summed E-state index contributed by atoms with van der Waals surface area (Å²) < 4.78 is 0.914. The Hall–Kier alpha value is -0.0500. The summed E-state index contributed by atoms with van der Waals surface area (Å²) in [5, 5.41) is 3.39. The first-order valence-corrected chi connectivity index (χ1v) is 5.28. The average molecular weight is 202 g/mol. The molecule has 1 aliphatic heterocycles. The van der Waals surface area contributed by atoms with Crippen molar-refractivity contribution in [3.8, 4) is 0 Å². The van der Waals surface area contributed by atoms with E-state index in [4.69, 9.17) is 11.6 Å². The Labute approximate surface area is 81.7 Å². The van der Waals surface area contributed by atoms with Crippen molar-refractivity contribution in [2.45, 2.75) is 25.8 Å². The first-order chi connectivity index (χ1) is 5.59. The van der Waals surface area contributed by atoms with Crippen LogP contribution in [0, 0.1) is 0 Å². The van der Waals surface area contributed by atoms with Crippen LogP contribution >= 0.6 is 22.9 Å². The molecule has 0 radical (unpaired) electrons. The predicted octanol–water partition coefficient (Wildman–Crippen LogP) is 2.78. The molecule has 1 aromatic heterocycles. The molecule has 0 saturated carbocycles. The quantitative estimate of drug-likeness (QED) is 0.681. The molecule has 0 unspecified atom stereocenters. The number of hydrogen-bond donors (Lipinski definition) is 1. The maximum absolute atomic E-state index is 5.97. The highest BCUT2D eigenvalue weighted by atomic mass is 35.5. The second-order valence-electron chi connectivity index (χ2n) is 3.89. The van der Waals surface area contributed by atoms with E-state index in [2.05, 4.69) is 25.2 Å². The van der Waals surface area contributed by atoms with Crippen LogP contribution in [0.4, 0.5) is 0 Å². The topological polar surface area (TPSA) is 12.0 Å². The van der Waals surface area contributed by atoms with Crippen LogP contribution in [0.5, 0.6) is 0 Å². The molecule has 12 heavy (non-hydrogen) atoms. The highest BCUT2D eigenvalue weighted by molar-refractivity contribution is 7.16. The fraction of sp³-hybridized carbons (Fsp3) is 0.556. The molecule has 1 nitrogen and oxygen atoms in total. The van der Waals surface area contributed by atoms with E-state index in [1.165, 1.54) is 10.4 Å². The number of thiophene rings is 1. The van der Waals surface area contributed by atoms with Crippen LogP contribution in [0.2, 0.25) is 4.34 Å². The minimum absolute atomic E-state index is 0.255. The van der Waals surface area contributed by atoms with Crippen LogP contribution in [-0.4, -0.2) is 6.54 Å². The zero-order chi connectivity index (χ0) is 8.77. The number of fused-ring (bicyclic) bond motifs is 1. The van der Waals surface area contributed by atoms with Gasteiger partial charge in [-0.2, -0.15) is 0 Å². The van der Waals surface area contributed by atoms with Crippen molar-refractivity contribution >= 4 is 22.9 Å². The van der Waals surface area contributed by atoms with Gasteiger partial charge in [0.05, 0.1) is 4.34 Å². The van der Waals surface area contributed by atoms with Crippen LogP contribution < -0.4 is 5.32 Å². The maximum Gasteiger partial charge on any atom is 0.0934 e. The monoisotopic (exact) mass is 201 g/mol. The number of hydrogen-bond acceptors (Lipinski definition) is 2. The van der Waals surface area contributed by atoms with E-state index in [1.54, 1.807) is 11.3 Å². The number of nitrogens with one attached hydrogen (secondary N) is 1. The summed E-state index contributed by atoms with van der Waals surface area (Å²) >= 11 is 7.69. The normalized spacial score (nSPS) is 20.6. The van der Waals surface area contributed by atoms with Gasteiger partial charge in [0.1, 0.15) is 0 Å². The highest BCUT2D eigenvalue weighted by Crippen LogP contribution is 2.38. The fourth-order valence-electron chi connectivity index (χ4n) is 1.69. The van der Waals surface area contributed by atoms with Crippen LogP contribution in [-0.2, 0) is 12.0 Å². The minimum atomic E-state index is 0.255. The van der Waals surface area contributed by atoms with Crippen molar-refractivity contribution in [2.24, 2.45) is 0 Å². The van der Waals surface area contributed by atoms with E-state index >= 15 is 0 Å². The molecule has 0 saturated heterocycles. The molecular formula is C9H12ClNS. The van der Waals surface area contributed by atoms with Crippen molar-refractivity contribution < 1.29 is 0 Å². The van der Waals surface area contributed by atoms with Crippen LogP contribution in [0.3, 0.4) is 0 Å². The van der Waals surface area contributed by atoms with Gasteiger partial charge in [-0.3, -0.25) is 0 Å². The Morgan fingerprint density at radius 3 is 3.00 bits per heavy atom. The van der Waals surface area contributed by atoms with Gasteiger partial charge in [-0.15, -0.1) is 11.3 Å². The largest absolute Gasteiger partial charge is 0.312 e. The zero-order valence-electron chi connectivity index (χ0n) is 7.28. The molecule has 0 spiro atoms. The fourth-order valence-corrected chi connectivity index (χ4v) is 3.06. The van der Waals surface area contributed by atoms with Gasteiger partial charge in [-0.05, 0) is 11.6 Å². The molecule has 0 aliphatic carbocycles. The third kappa shape index (κ3) is 1.28. The molecule has 1 aromatic rings. The minimum Gasteiger partial charge on any atom is -0.312 e. The van der Waals surface area contributed by atoms with Crippen molar-refractivity contribution in [3.63, 3.8) is 0 Å². The molecule has 1 aliphatic rings. The van der Waals surface area contributed by atoms with Gasteiger partial charge in [0.25, 0.3) is 0 Å². The van der Waals surface area contributed by atoms with Crippen molar-refractivity contribution in [1.82, 2.24) is 5.32 Å². The number of halogens is 1. The van der Waals surface area contributed by atoms with Gasteiger partial charge in [0, 0.05) is 23.4 Å². The molecule has 0 amide bonds. The summed E-state index contributed by atoms with van der Waals surface area (Å²) in [6.45, 7) is 6.54. The van der Waals surface area contributed by atoms with Gasteiger partial charge in [0.15, 0.2) is 0 Å². The van der Waals surface area contributed by atoms with Crippen molar-refractivity contribution in [3.05, 3.63) is 20.8 Å². The molecule has 3 heteroatoms. The zero-order valence-corrected chi connectivity index (χ0v) is 8.85. The highest BCUT2D eigenvalue weighted by Gasteiger charge is 2.29. The Balaban J connectivity index is 2.51. The van der Waals surface area contributed by atoms with Gasteiger partial charge in [-0.1, -0.05) is 25.4 Å². The van der Waals surface area contributed by atoms with Crippen molar-refractivity contribution in [1.29, 1.82) is 0 Å². The third-order valence-corrected chi connectivity index (χ3v) is 3.95. The summed E-state index contributed by atoms with van der Waals surface area (Å²) in [4.78, 5) is 1.45. The van der Waals surface area contributed by atoms with Crippen LogP contribution in [0.1, 0.15) is 24.3 Å². The lowest BCUT2D eigenvalue weighted by atomic mass is 9.86. The lowest BCUT2D eigenvalue weighted by molar-refractivity contribution is 0.445. The summed E-state index contributed by atoms with van der Waals surface area (Å²) in [5.41, 5.74) is 1.63. The van der Waals surface area contributed by atoms with Gasteiger partial charge in [-0.25, -0.2) is 0 Å². The first-order valence-electron chi connectivity index (χ1n) is 4.09. The van der Waals surface area contributed by atoms with E-state index in [0.717, 1.165) is 17.4 Å². The van der Waals surface area contributed by atoms with Gasteiger partial charge in [0.2, 0.25) is 0 Å². The number of rotatable bonds is 0. The van der Waals surface area contributed by atoms with Crippen LogP contribution in [0.15, 0.2) is 6.07 Å². The molecule has 0 aromatic carbocycles. The van der Waals surface area contributed by atoms with Gasteiger partial charge < -0.3 is 5.32 Å². The van der Waals surface area contributed by atoms with E-state index in [-0.39, 0.29) is 5.41 Å². The molecule has 1 N–H and O–H groups in total. The summed E-state index contributed by atoms with van der Waals surface area (Å²) in [6, 6.07) is 2.08. The average Bonchev–Trinajstić information content (AvgIpc) is 2.30. The maximum atomic E-state index is 5.97. The predicted molar refractivity (Wildman–Crippen MR) is 54.1 cm³/mol. The second-order valence-corrected chi connectivity index (χ2v) is 5.58. The SMILES string of the molecule is CC1(C)CNCc2cc(Cl)sc21. The molecule has 66 valence electrons. The summed E-state index contributed by atoms with van der Waals surface area (Å²) in [5.74, 6) is 0. The molecule has 0 bridgehead atoms. The Kier molecular flexibility index (Phi) is 1.94. The van der Waals surface area contributed by atoms with E-state index in [0.29, 0.717) is 0 Å². The second kappa shape index (κ2) is 2.72. The molecule has 2 heterocycles. The lowest BCUT2D eigenvalue weighted by Crippen LogP contribution is -2.37. The Morgan fingerprint density at radius 2 is 2.33 bits per heavy atom. The Morgan fingerprint density at radius 1 is 1.58 bits per heavy atom. The van der Waals surface area contributed by atoms with Gasteiger partial charge >= 0.3 is 0 Å². The van der Waals surface area contributed by atoms with Crippen LogP contribution in [0.25, 0.3) is 0 Å². The Bertz CT molecular complexity index is 303. The van der Waals surface area contributed by atoms with E-state index in [1.807, 2.05) is 0 Å².